The van der Waals surface area contributed by atoms with Gasteiger partial charge in [-0.05, 0) is 89.1 Å². The molecule has 240 valence electrons. The Labute approximate surface area is 268 Å². The minimum atomic E-state index is -4.31. The second-order valence-corrected chi connectivity index (χ2v) is 19.2. The van der Waals surface area contributed by atoms with Gasteiger partial charge in [0.25, 0.3) is 16.1 Å². The summed E-state index contributed by atoms with van der Waals surface area (Å²) in [7, 11) is -6.48. The van der Waals surface area contributed by atoms with Crippen LogP contribution in [0.3, 0.4) is 0 Å². The third-order valence-corrected chi connectivity index (χ3v) is 13.5. The number of halogens is 5. The number of nitrogens with one attached hydrogen (secondary N) is 3. The van der Waals surface area contributed by atoms with Crippen LogP contribution in [-0.4, -0.2) is 40.3 Å². The number of aromatic nitrogens is 1. The normalized spacial score (nSPS) is 13.1. The van der Waals surface area contributed by atoms with Gasteiger partial charge in [0.1, 0.15) is 5.82 Å². The Hall–Kier alpha value is -2.80. The summed E-state index contributed by atoms with van der Waals surface area (Å²) in [6.07, 6.45) is 0.00125. The summed E-state index contributed by atoms with van der Waals surface area (Å²) in [5, 5.41) is 2.27. The molecule has 1 atom stereocenters. The number of primary amides is 1. The van der Waals surface area contributed by atoms with Crippen molar-refractivity contribution in [2.24, 2.45) is 5.73 Å². The molecule has 2 aromatic carbocycles. The third-order valence-electron chi connectivity index (χ3n) is 7.18. The number of hydrogen-bond donors (Lipinski definition) is 4. The zero-order valence-electron chi connectivity index (χ0n) is 24.9. The van der Waals surface area contributed by atoms with E-state index in [1.165, 1.54) is 12.1 Å². The Morgan fingerprint density at radius 1 is 1.07 bits per heavy atom. The maximum atomic E-state index is 15.4. The Morgan fingerprint density at radius 3 is 2.32 bits per heavy atom. The molecule has 0 fully saturated rings. The summed E-state index contributed by atoms with van der Waals surface area (Å²) in [4.78, 5) is 15.9. The van der Waals surface area contributed by atoms with Crippen molar-refractivity contribution in [2.45, 2.75) is 58.4 Å². The average molecular weight is 768 g/mol. The van der Waals surface area contributed by atoms with Gasteiger partial charge in [0, 0.05) is 22.7 Å². The Kier molecular flexibility index (Phi) is 11.1. The van der Waals surface area contributed by atoms with Crippen LogP contribution in [0.2, 0.25) is 18.1 Å². The van der Waals surface area contributed by atoms with Gasteiger partial charge in [0.2, 0.25) is 0 Å². The first-order valence-corrected chi connectivity index (χ1v) is 18.8. The lowest BCUT2D eigenvalue weighted by molar-refractivity contribution is 0.100. The van der Waals surface area contributed by atoms with Gasteiger partial charge in [0.15, 0.2) is 31.6 Å². The van der Waals surface area contributed by atoms with Crippen molar-refractivity contribution in [3.05, 3.63) is 80.1 Å². The first-order chi connectivity index (χ1) is 20.2. The summed E-state index contributed by atoms with van der Waals surface area (Å²) in [6.45, 7) is 11.8. The summed E-state index contributed by atoms with van der Waals surface area (Å²) in [5.74, 6) is -6.75. The standard InChI is InChI=1S/C28H34F4IN5O4SSi/c1-15(42-44(5,6)28(2,3)4)14-36-43(40,41)38-27-23(31)16(9-10-35-27)11-17-12-19(26(34)39)25(24(32)22(17)30)37-21-8-7-18(33)13-20(21)29/h7-10,12-13,15,36-37H,11,14H2,1-6H3,(H2,34,39)(H,35,38). The SMILES string of the molecule is CC(CNS(=O)(=O)Nc1nccc(Cc2cc(C(N)=O)c(Nc3ccc(I)cc3F)c(F)c2F)c1F)O[Si](C)(C)C(C)(C)C. The highest BCUT2D eigenvalue weighted by molar-refractivity contribution is 14.1. The average Bonchev–Trinajstić information content (AvgIpc) is 2.89. The molecule has 0 aliphatic heterocycles. The van der Waals surface area contributed by atoms with Gasteiger partial charge >= 0.3 is 0 Å². The van der Waals surface area contributed by atoms with Crippen molar-refractivity contribution in [3.63, 3.8) is 0 Å². The molecule has 16 heteroatoms. The molecule has 44 heavy (non-hydrogen) atoms. The fourth-order valence-electron chi connectivity index (χ4n) is 3.86. The second-order valence-electron chi connectivity index (χ2n) is 11.7. The predicted octanol–water partition coefficient (Wildman–Crippen LogP) is 6.33. The highest BCUT2D eigenvalue weighted by atomic mass is 127. The van der Waals surface area contributed by atoms with Gasteiger partial charge < -0.3 is 15.5 Å². The number of hydrogen-bond acceptors (Lipinski definition) is 6. The lowest BCUT2D eigenvalue weighted by Crippen LogP contribution is -2.46. The number of benzene rings is 2. The van der Waals surface area contributed by atoms with Gasteiger partial charge in [-0.1, -0.05) is 20.8 Å². The first-order valence-electron chi connectivity index (χ1n) is 13.3. The van der Waals surface area contributed by atoms with E-state index in [1.54, 1.807) is 6.92 Å². The van der Waals surface area contributed by atoms with Crippen molar-refractivity contribution >= 4 is 64.2 Å². The van der Waals surface area contributed by atoms with E-state index in [-0.39, 0.29) is 22.8 Å². The molecule has 3 rings (SSSR count). The summed E-state index contributed by atoms with van der Waals surface area (Å²) >= 11 is 1.87. The Morgan fingerprint density at radius 2 is 1.73 bits per heavy atom. The van der Waals surface area contributed by atoms with Gasteiger partial charge in [-0.3, -0.25) is 9.52 Å². The zero-order chi connectivity index (χ0) is 33.2. The van der Waals surface area contributed by atoms with Crippen LogP contribution in [0.1, 0.15) is 49.2 Å². The number of carbonyl (C=O) groups is 1. The number of anilines is 3. The molecule has 0 aliphatic carbocycles. The topological polar surface area (TPSA) is 135 Å². The van der Waals surface area contributed by atoms with Crippen LogP contribution in [0.4, 0.5) is 34.8 Å². The van der Waals surface area contributed by atoms with Gasteiger partial charge in [-0.15, -0.1) is 0 Å². The van der Waals surface area contributed by atoms with Crippen molar-refractivity contribution in [2.75, 3.05) is 16.6 Å². The van der Waals surface area contributed by atoms with Crippen LogP contribution >= 0.6 is 22.6 Å². The van der Waals surface area contributed by atoms with Crippen LogP contribution in [-0.2, 0) is 21.1 Å². The van der Waals surface area contributed by atoms with Crippen molar-refractivity contribution < 1.29 is 35.2 Å². The highest BCUT2D eigenvalue weighted by Crippen LogP contribution is 2.37. The molecule has 0 saturated carbocycles. The molecule has 1 heterocycles. The van der Waals surface area contributed by atoms with E-state index in [1.807, 2.05) is 61.2 Å². The van der Waals surface area contributed by atoms with E-state index in [2.05, 4.69) is 15.0 Å². The fraction of sp³-hybridized carbons (Fsp3) is 0.357. The number of nitrogens with two attached hydrogens (primary N) is 1. The molecule has 1 unspecified atom stereocenters. The molecule has 3 aromatic rings. The summed E-state index contributed by atoms with van der Waals surface area (Å²) in [5.41, 5.74) is 3.25. The number of rotatable bonds is 12. The van der Waals surface area contributed by atoms with Crippen molar-refractivity contribution in [1.82, 2.24) is 9.71 Å². The van der Waals surface area contributed by atoms with Crippen LogP contribution in [0, 0.1) is 26.8 Å². The Bertz CT molecular complexity index is 1670. The molecule has 0 bridgehead atoms. The number of nitrogens with zero attached hydrogens (tertiary/aromatic N) is 1. The quantitative estimate of drug-likeness (QED) is 0.0967. The minimum absolute atomic E-state index is 0.0952. The molecule has 0 radical (unpaired) electrons. The van der Waals surface area contributed by atoms with Crippen LogP contribution in [0.5, 0.6) is 0 Å². The van der Waals surface area contributed by atoms with E-state index in [4.69, 9.17) is 10.2 Å². The van der Waals surface area contributed by atoms with Gasteiger partial charge in [0.05, 0.1) is 23.0 Å². The molecule has 0 spiro atoms. The molecule has 0 aliphatic rings. The predicted molar refractivity (Wildman–Crippen MR) is 173 cm³/mol. The van der Waals surface area contributed by atoms with Crippen LogP contribution in [0.15, 0.2) is 36.5 Å². The smallest absolute Gasteiger partial charge is 0.300 e. The molecular weight excluding hydrogens is 733 g/mol. The number of carbonyl (C=O) groups excluding carboxylic acids is 1. The monoisotopic (exact) mass is 767 g/mol. The fourth-order valence-corrected chi connectivity index (χ4v) is 6.68. The van der Waals surface area contributed by atoms with Gasteiger partial charge in [-0.25, -0.2) is 22.5 Å². The molecule has 9 nitrogen and oxygen atoms in total. The summed E-state index contributed by atoms with van der Waals surface area (Å²) < 4.78 is 96.5. The van der Waals surface area contributed by atoms with Gasteiger partial charge in [-0.2, -0.15) is 13.1 Å². The molecular formula is C28H34F4IN5O4SSi. The lowest BCUT2D eigenvalue weighted by Gasteiger charge is -2.38. The third kappa shape index (κ3) is 8.67. The van der Waals surface area contributed by atoms with Crippen molar-refractivity contribution in [1.29, 1.82) is 0 Å². The highest BCUT2D eigenvalue weighted by Gasteiger charge is 2.38. The molecule has 1 amide bonds. The molecule has 5 N–H and O–H groups in total. The van der Waals surface area contributed by atoms with E-state index in [0.29, 0.717) is 3.57 Å². The van der Waals surface area contributed by atoms with E-state index in [0.717, 1.165) is 24.4 Å². The molecule has 1 aromatic heterocycles. The van der Waals surface area contributed by atoms with Crippen molar-refractivity contribution in [3.8, 4) is 0 Å². The zero-order valence-corrected chi connectivity index (χ0v) is 28.9. The first kappa shape index (κ1) is 35.7. The maximum Gasteiger partial charge on any atom is 0.300 e. The number of amides is 1. The molecule has 0 saturated heterocycles. The summed E-state index contributed by atoms with van der Waals surface area (Å²) in [6, 6.07) is 5.99. The largest absolute Gasteiger partial charge is 0.413 e. The van der Waals surface area contributed by atoms with E-state index in [9.17, 15) is 17.6 Å². The van der Waals surface area contributed by atoms with Crippen LogP contribution < -0.4 is 20.5 Å². The van der Waals surface area contributed by atoms with E-state index >= 15 is 13.2 Å². The maximum absolute atomic E-state index is 15.4. The Balaban J connectivity index is 1.83. The minimum Gasteiger partial charge on any atom is -0.413 e. The second kappa shape index (κ2) is 13.7. The number of pyridine rings is 1. The van der Waals surface area contributed by atoms with Crippen LogP contribution in [0.25, 0.3) is 0 Å². The van der Waals surface area contributed by atoms with E-state index < -0.39 is 82.9 Å². The lowest BCUT2D eigenvalue weighted by atomic mass is 10.00.